The molecule has 0 bridgehead atoms. The molecule has 0 aromatic rings. The molecule has 1 aliphatic rings. The SMILES string of the molecule is C/C=N\CN1N=C(C)NC1C. The van der Waals surface area contributed by atoms with Crippen LogP contribution in [-0.2, 0) is 0 Å². The maximum absolute atomic E-state index is 4.23. The van der Waals surface area contributed by atoms with Gasteiger partial charge in [0.15, 0.2) is 0 Å². The Hall–Kier alpha value is -1.06. The largest absolute Gasteiger partial charge is 0.351 e. The summed E-state index contributed by atoms with van der Waals surface area (Å²) in [4.78, 5) is 4.09. The lowest BCUT2D eigenvalue weighted by Gasteiger charge is -2.16. The smallest absolute Gasteiger partial charge is 0.128 e. The quantitative estimate of drug-likeness (QED) is 0.592. The van der Waals surface area contributed by atoms with Crippen LogP contribution < -0.4 is 5.32 Å². The summed E-state index contributed by atoms with van der Waals surface area (Å²) >= 11 is 0. The fraction of sp³-hybridized carbons (Fsp3) is 0.714. The van der Waals surface area contributed by atoms with E-state index in [0.717, 1.165) is 5.84 Å². The van der Waals surface area contributed by atoms with Gasteiger partial charge in [-0.25, -0.2) is 0 Å². The summed E-state index contributed by atoms with van der Waals surface area (Å²) in [5.41, 5.74) is 0. The number of hydrogen-bond acceptors (Lipinski definition) is 4. The van der Waals surface area contributed by atoms with Crippen molar-refractivity contribution in [2.75, 3.05) is 6.67 Å². The molecule has 1 rings (SSSR count). The van der Waals surface area contributed by atoms with E-state index in [1.807, 2.05) is 18.9 Å². The van der Waals surface area contributed by atoms with Crippen LogP contribution in [-0.4, -0.2) is 29.9 Å². The van der Waals surface area contributed by atoms with Crippen molar-refractivity contribution in [3.63, 3.8) is 0 Å². The van der Waals surface area contributed by atoms with E-state index >= 15 is 0 Å². The van der Waals surface area contributed by atoms with E-state index in [1.165, 1.54) is 0 Å². The van der Waals surface area contributed by atoms with Crippen LogP contribution in [0.15, 0.2) is 10.1 Å². The molecule has 1 heterocycles. The Kier molecular flexibility index (Phi) is 2.46. The van der Waals surface area contributed by atoms with Gasteiger partial charge in [0.05, 0.1) is 0 Å². The molecular weight excluding hydrogens is 140 g/mol. The van der Waals surface area contributed by atoms with Crippen molar-refractivity contribution in [3.05, 3.63) is 0 Å². The molecule has 62 valence electrons. The third-order valence-corrected chi connectivity index (χ3v) is 1.55. The van der Waals surface area contributed by atoms with Gasteiger partial charge in [0.25, 0.3) is 0 Å². The van der Waals surface area contributed by atoms with Crippen LogP contribution in [0.4, 0.5) is 0 Å². The third-order valence-electron chi connectivity index (χ3n) is 1.55. The Morgan fingerprint density at radius 1 is 1.82 bits per heavy atom. The van der Waals surface area contributed by atoms with Crippen molar-refractivity contribution < 1.29 is 0 Å². The van der Waals surface area contributed by atoms with Gasteiger partial charge >= 0.3 is 0 Å². The van der Waals surface area contributed by atoms with E-state index in [1.54, 1.807) is 6.21 Å². The van der Waals surface area contributed by atoms with E-state index in [0.29, 0.717) is 6.67 Å². The predicted molar refractivity (Wildman–Crippen MR) is 46.6 cm³/mol. The standard InChI is InChI=1S/C7H14N4/c1-4-8-5-11-7(3)9-6(2)10-11/h4,7H,5H2,1-3H3,(H,9,10)/b8-4-. The van der Waals surface area contributed by atoms with Gasteiger partial charge in [-0.15, -0.1) is 0 Å². The molecule has 0 aliphatic carbocycles. The topological polar surface area (TPSA) is 40.0 Å². The zero-order valence-corrected chi connectivity index (χ0v) is 7.20. The Labute approximate surface area is 67.0 Å². The van der Waals surface area contributed by atoms with Crippen LogP contribution in [0, 0.1) is 0 Å². The summed E-state index contributed by atoms with van der Waals surface area (Å²) in [5.74, 6) is 0.962. The first kappa shape index (κ1) is 8.04. The number of hydrogen-bond donors (Lipinski definition) is 1. The highest BCUT2D eigenvalue weighted by atomic mass is 15.6. The highest BCUT2D eigenvalue weighted by molar-refractivity contribution is 5.80. The average Bonchev–Trinajstić information content (AvgIpc) is 2.26. The molecule has 0 aromatic carbocycles. The maximum atomic E-state index is 4.23. The lowest BCUT2D eigenvalue weighted by molar-refractivity contribution is 0.239. The number of rotatable bonds is 2. The molecule has 1 N–H and O–H groups in total. The molecular formula is C7H14N4. The fourth-order valence-corrected chi connectivity index (χ4v) is 1.00. The van der Waals surface area contributed by atoms with Crippen LogP contribution in [0.2, 0.25) is 0 Å². The summed E-state index contributed by atoms with van der Waals surface area (Å²) in [6.07, 6.45) is 2.06. The van der Waals surface area contributed by atoms with E-state index in [4.69, 9.17) is 0 Å². The average molecular weight is 154 g/mol. The zero-order valence-electron chi connectivity index (χ0n) is 7.20. The summed E-state index contributed by atoms with van der Waals surface area (Å²) < 4.78 is 0. The molecule has 4 nitrogen and oxygen atoms in total. The van der Waals surface area contributed by atoms with Gasteiger partial charge in [-0.3, -0.25) is 10.0 Å². The maximum Gasteiger partial charge on any atom is 0.128 e. The van der Waals surface area contributed by atoms with Gasteiger partial charge < -0.3 is 5.32 Å². The van der Waals surface area contributed by atoms with Crippen LogP contribution in [0.1, 0.15) is 20.8 Å². The highest BCUT2D eigenvalue weighted by Gasteiger charge is 2.16. The van der Waals surface area contributed by atoms with Gasteiger partial charge in [0.1, 0.15) is 18.7 Å². The second-order valence-corrected chi connectivity index (χ2v) is 2.53. The molecule has 1 aliphatic heterocycles. The van der Waals surface area contributed by atoms with Gasteiger partial charge in [-0.2, -0.15) is 5.10 Å². The number of amidine groups is 1. The molecule has 0 radical (unpaired) electrons. The molecule has 11 heavy (non-hydrogen) atoms. The van der Waals surface area contributed by atoms with Crippen LogP contribution >= 0.6 is 0 Å². The van der Waals surface area contributed by atoms with Crippen molar-refractivity contribution in [3.8, 4) is 0 Å². The highest BCUT2D eigenvalue weighted by Crippen LogP contribution is 2.03. The third kappa shape index (κ3) is 1.93. The second-order valence-electron chi connectivity index (χ2n) is 2.53. The minimum atomic E-state index is 0.277. The van der Waals surface area contributed by atoms with E-state index in [2.05, 4.69) is 22.3 Å². The predicted octanol–water partition coefficient (Wildman–Crippen LogP) is 0.619. The first-order chi connectivity index (χ1) is 5.24. The number of hydrazone groups is 1. The lowest BCUT2D eigenvalue weighted by atomic mass is 10.5. The van der Waals surface area contributed by atoms with E-state index < -0.39 is 0 Å². The van der Waals surface area contributed by atoms with Gasteiger partial charge in [-0.1, -0.05) is 0 Å². The molecule has 1 unspecified atom stereocenters. The number of nitrogens with one attached hydrogen (secondary N) is 1. The van der Waals surface area contributed by atoms with Gasteiger partial charge in [0.2, 0.25) is 0 Å². The normalized spacial score (nSPS) is 24.1. The first-order valence-electron chi connectivity index (χ1n) is 3.77. The Morgan fingerprint density at radius 3 is 3.00 bits per heavy atom. The zero-order chi connectivity index (χ0) is 8.27. The number of aliphatic imine (C=N–C) groups is 1. The van der Waals surface area contributed by atoms with Crippen LogP contribution in [0.5, 0.6) is 0 Å². The number of nitrogens with zero attached hydrogens (tertiary/aromatic N) is 3. The van der Waals surface area contributed by atoms with Crippen molar-refractivity contribution in [2.45, 2.75) is 26.9 Å². The van der Waals surface area contributed by atoms with Crippen molar-refractivity contribution >= 4 is 12.1 Å². The Balaban J connectivity index is 2.45. The van der Waals surface area contributed by atoms with E-state index in [9.17, 15) is 0 Å². The first-order valence-corrected chi connectivity index (χ1v) is 3.77. The van der Waals surface area contributed by atoms with Crippen molar-refractivity contribution in [1.29, 1.82) is 0 Å². The molecule has 0 amide bonds. The van der Waals surface area contributed by atoms with E-state index in [-0.39, 0.29) is 6.17 Å². The van der Waals surface area contributed by atoms with Crippen molar-refractivity contribution in [2.24, 2.45) is 10.1 Å². The molecule has 0 fully saturated rings. The van der Waals surface area contributed by atoms with Crippen LogP contribution in [0.3, 0.4) is 0 Å². The lowest BCUT2D eigenvalue weighted by Crippen LogP contribution is -2.34. The summed E-state index contributed by atoms with van der Waals surface area (Å²) in [6, 6.07) is 0. The van der Waals surface area contributed by atoms with Gasteiger partial charge in [-0.05, 0) is 27.0 Å². The molecule has 0 saturated heterocycles. The Morgan fingerprint density at radius 2 is 2.55 bits per heavy atom. The molecule has 0 saturated carbocycles. The molecule has 1 atom stereocenters. The second kappa shape index (κ2) is 3.37. The Bertz CT molecular complexity index is 185. The van der Waals surface area contributed by atoms with Gasteiger partial charge in [0, 0.05) is 0 Å². The summed E-state index contributed by atoms with van der Waals surface area (Å²) in [7, 11) is 0. The summed E-state index contributed by atoms with van der Waals surface area (Å²) in [6.45, 7) is 6.56. The summed E-state index contributed by atoms with van der Waals surface area (Å²) in [5, 5.41) is 9.32. The molecule has 4 heteroatoms. The molecule has 0 spiro atoms. The van der Waals surface area contributed by atoms with Crippen LogP contribution in [0.25, 0.3) is 0 Å². The minimum Gasteiger partial charge on any atom is -0.351 e. The van der Waals surface area contributed by atoms with Crippen molar-refractivity contribution in [1.82, 2.24) is 10.3 Å². The fourth-order valence-electron chi connectivity index (χ4n) is 1.00. The molecule has 0 aromatic heterocycles. The minimum absolute atomic E-state index is 0.277. The monoisotopic (exact) mass is 154 g/mol.